The Bertz CT molecular complexity index is 809. The standard InChI is InChI=1S/C14H11F4NO4/c1-4-7(14(22)19-2-5(20)6(21)3-19)8-9(15)10(16)11(17)12(18)13(8)23-4/h5-6,20-21H,2-3H2,1H3/t5-,6-/m1/s1. The number of hydrogen-bond acceptors (Lipinski definition) is 4. The van der Waals surface area contributed by atoms with E-state index in [0.29, 0.717) is 0 Å². The van der Waals surface area contributed by atoms with Crippen molar-refractivity contribution in [2.45, 2.75) is 19.1 Å². The van der Waals surface area contributed by atoms with Gasteiger partial charge in [0.2, 0.25) is 11.6 Å². The third-order valence-corrected chi connectivity index (χ3v) is 3.84. The fraction of sp³-hybridized carbons (Fsp3) is 0.357. The van der Waals surface area contributed by atoms with Gasteiger partial charge in [-0.25, -0.2) is 13.2 Å². The minimum absolute atomic E-state index is 0.233. The molecule has 1 saturated heterocycles. The Balaban J connectivity index is 2.19. The second kappa shape index (κ2) is 5.20. The van der Waals surface area contributed by atoms with Crippen molar-refractivity contribution >= 4 is 16.9 Å². The van der Waals surface area contributed by atoms with Gasteiger partial charge >= 0.3 is 0 Å². The Morgan fingerprint density at radius 1 is 1.04 bits per heavy atom. The van der Waals surface area contributed by atoms with Crippen molar-refractivity contribution in [3.8, 4) is 0 Å². The molecule has 124 valence electrons. The number of rotatable bonds is 1. The van der Waals surface area contributed by atoms with Crippen molar-refractivity contribution < 1.29 is 37.0 Å². The highest BCUT2D eigenvalue weighted by molar-refractivity contribution is 6.07. The summed E-state index contributed by atoms with van der Waals surface area (Å²) in [6, 6.07) is 0. The minimum atomic E-state index is -2.05. The Labute approximate surface area is 126 Å². The first kappa shape index (κ1) is 15.8. The van der Waals surface area contributed by atoms with Crippen molar-refractivity contribution in [3.05, 3.63) is 34.6 Å². The highest BCUT2D eigenvalue weighted by atomic mass is 19.2. The van der Waals surface area contributed by atoms with Crippen molar-refractivity contribution in [3.63, 3.8) is 0 Å². The zero-order valence-electron chi connectivity index (χ0n) is 11.7. The zero-order chi connectivity index (χ0) is 17.0. The van der Waals surface area contributed by atoms with E-state index in [0.717, 1.165) is 4.90 Å². The number of carbonyl (C=O) groups is 1. The van der Waals surface area contributed by atoms with Gasteiger partial charge in [0, 0.05) is 13.1 Å². The Morgan fingerprint density at radius 2 is 1.57 bits per heavy atom. The molecule has 9 heteroatoms. The van der Waals surface area contributed by atoms with E-state index in [-0.39, 0.29) is 18.8 Å². The molecule has 2 atom stereocenters. The molecular formula is C14H11F4NO4. The number of halogens is 4. The first-order chi connectivity index (χ1) is 10.7. The topological polar surface area (TPSA) is 73.9 Å². The molecule has 1 aliphatic rings. The van der Waals surface area contributed by atoms with E-state index in [1.165, 1.54) is 6.92 Å². The average Bonchev–Trinajstić information content (AvgIpc) is 3.03. The van der Waals surface area contributed by atoms with E-state index in [1.807, 2.05) is 0 Å². The molecule has 5 nitrogen and oxygen atoms in total. The largest absolute Gasteiger partial charge is 0.457 e. The van der Waals surface area contributed by atoms with Crippen LogP contribution in [0.25, 0.3) is 11.0 Å². The molecule has 23 heavy (non-hydrogen) atoms. The fourth-order valence-electron chi connectivity index (χ4n) is 2.66. The van der Waals surface area contributed by atoms with Crippen LogP contribution in [0.3, 0.4) is 0 Å². The monoisotopic (exact) mass is 333 g/mol. The number of fused-ring (bicyclic) bond motifs is 1. The number of benzene rings is 1. The molecular weight excluding hydrogens is 322 g/mol. The van der Waals surface area contributed by atoms with E-state index in [1.54, 1.807) is 0 Å². The number of aryl methyl sites for hydroxylation is 1. The molecule has 1 aromatic heterocycles. The number of aliphatic hydroxyl groups excluding tert-OH is 2. The lowest BCUT2D eigenvalue weighted by Crippen LogP contribution is -2.30. The van der Waals surface area contributed by atoms with Gasteiger partial charge in [0.1, 0.15) is 5.76 Å². The molecule has 1 fully saturated rings. The SMILES string of the molecule is Cc1oc2c(F)c(F)c(F)c(F)c2c1C(=O)N1C[C@@H](O)[C@H](O)C1. The normalized spacial score (nSPS) is 21.4. The van der Waals surface area contributed by atoms with E-state index < -0.39 is 57.9 Å². The van der Waals surface area contributed by atoms with Gasteiger partial charge in [-0.1, -0.05) is 0 Å². The van der Waals surface area contributed by atoms with Crippen LogP contribution in [0.4, 0.5) is 17.6 Å². The lowest BCUT2D eigenvalue weighted by Gasteiger charge is -2.15. The number of hydrogen-bond donors (Lipinski definition) is 2. The van der Waals surface area contributed by atoms with E-state index in [4.69, 9.17) is 4.42 Å². The van der Waals surface area contributed by atoms with Crippen molar-refractivity contribution in [2.75, 3.05) is 13.1 Å². The number of carbonyl (C=O) groups excluding carboxylic acids is 1. The van der Waals surface area contributed by atoms with Gasteiger partial charge in [-0.2, -0.15) is 4.39 Å². The van der Waals surface area contributed by atoms with Crippen LogP contribution in [0.1, 0.15) is 16.1 Å². The van der Waals surface area contributed by atoms with Gasteiger partial charge in [-0.3, -0.25) is 4.79 Å². The molecule has 3 rings (SSSR count). The Hall–Kier alpha value is -2.13. The molecule has 0 unspecified atom stereocenters. The number of nitrogens with zero attached hydrogens (tertiary/aromatic N) is 1. The zero-order valence-corrected chi connectivity index (χ0v) is 11.7. The van der Waals surface area contributed by atoms with Gasteiger partial charge in [0.15, 0.2) is 17.2 Å². The van der Waals surface area contributed by atoms with E-state index >= 15 is 0 Å². The summed E-state index contributed by atoms with van der Waals surface area (Å²) >= 11 is 0. The predicted octanol–water partition coefficient (Wildman–Crippen LogP) is 1.48. The van der Waals surface area contributed by atoms with Crippen LogP contribution in [0.15, 0.2) is 4.42 Å². The fourth-order valence-corrected chi connectivity index (χ4v) is 2.66. The second-order valence-corrected chi connectivity index (χ2v) is 5.34. The predicted molar refractivity (Wildman–Crippen MR) is 68.7 cm³/mol. The molecule has 0 spiro atoms. The van der Waals surface area contributed by atoms with Crippen LogP contribution in [0.2, 0.25) is 0 Å². The van der Waals surface area contributed by atoms with Crippen LogP contribution >= 0.6 is 0 Å². The van der Waals surface area contributed by atoms with Crippen molar-refractivity contribution in [2.24, 2.45) is 0 Å². The maximum absolute atomic E-state index is 14.0. The second-order valence-electron chi connectivity index (χ2n) is 5.34. The summed E-state index contributed by atoms with van der Waals surface area (Å²) in [6.07, 6.45) is -2.37. The number of furan rings is 1. The van der Waals surface area contributed by atoms with E-state index in [2.05, 4.69) is 0 Å². The summed E-state index contributed by atoms with van der Waals surface area (Å²) in [4.78, 5) is 13.4. The van der Waals surface area contributed by atoms with Crippen LogP contribution in [0.5, 0.6) is 0 Å². The molecule has 0 saturated carbocycles. The first-order valence-electron chi connectivity index (χ1n) is 6.64. The molecule has 2 N–H and O–H groups in total. The quantitative estimate of drug-likeness (QED) is 0.471. The summed E-state index contributed by atoms with van der Waals surface area (Å²) in [5, 5.41) is 18.1. The van der Waals surface area contributed by atoms with Gasteiger partial charge < -0.3 is 19.5 Å². The molecule has 2 aromatic rings. The highest BCUT2D eigenvalue weighted by Gasteiger charge is 2.37. The maximum Gasteiger partial charge on any atom is 0.258 e. The summed E-state index contributed by atoms with van der Waals surface area (Å²) in [6.45, 7) is 0.741. The van der Waals surface area contributed by atoms with Crippen LogP contribution in [-0.4, -0.2) is 46.3 Å². The summed E-state index contributed by atoms with van der Waals surface area (Å²) < 4.78 is 59.3. The van der Waals surface area contributed by atoms with Crippen LogP contribution in [0, 0.1) is 30.2 Å². The molecule has 0 radical (unpaired) electrons. The summed E-state index contributed by atoms with van der Waals surface area (Å²) in [5.74, 6) is -8.67. The number of β-amino-alcohol motifs (C(OH)–C–C–N with tert-alkyl or cyclic N) is 2. The third-order valence-electron chi connectivity index (χ3n) is 3.84. The van der Waals surface area contributed by atoms with Gasteiger partial charge in [0.25, 0.3) is 5.91 Å². The highest BCUT2D eigenvalue weighted by Crippen LogP contribution is 2.34. The number of aliphatic hydroxyl groups is 2. The number of amides is 1. The first-order valence-corrected chi connectivity index (χ1v) is 6.64. The molecule has 0 aliphatic carbocycles. The van der Waals surface area contributed by atoms with Gasteiger partial charge in [0.05, 0.1) is 23.2 Å². The molecule has 1 aliphatic heterocycles. The van der Waals surface area contributed by atoms with Crippen LogP contribution < -0.4 is 0 Å². The van der Waals surface area contributed by atoms with E-state index in [9.17, 15) is 32.6 Å². The lowest BCUT2D eigenvalue weighted by atomic mass is 10.1. The summed E-state index contributed by atoms with van der Waals surface area (Å²) in [5.41, 5.74) is -1.38. The van der Waals surface area contributed by atoms with Crippen LogP contribution in [-0.2, 0) is 0 Å². The Kier molecular flexibility index (Phi) is 3.56. The average molecular weight is 333 g/mol. The molecule has 1 aromatic carbocycles. The minimum Gasteiger partial charge on any atom is -0.457 e. The maximum atomic E-state index is 14.0. The van der Waals surface area contributed by atoms with Crippen molar-refractivity contribution in [1.29, 1.82) is 0 Å². The van der Waals surface area contributed by atoms with Crippen molar-refractivity contribution in [1.82, 2.24) is 4.90 Å². The van der Waals surface area contributed by atoms with Gasteiger partial charge in [-0.15, -0.1) is 0 Å². The molecule has 0 bridgehead atoms. The third kappa shape index (κ3) is 2.19. The van der Waals surface area contributed by atoms with Gasteiger partial charge in [-0.05, 0) is 6.92 Å². The number of likely N-dealkylation sites (tertiary alicyclic amines) is 1. The summed E-state index contributed by atoms with van der Waals surface area (Å²) in [7, 11) is 0. The molecule has 1 amide bonds. The Morgan fingerprint density at radius 3 is 2.13 bits per heavy atom. The lowest BCUT2D eigenvalue weighted by molar-refractivity contribution is 0.0572. The smallest absolute Gasteiger partial charge is 0.258 e. The molecule has 2 heterocycles.